The van der Waals surface area contributed by atoms with Crippen LogP contribution in [0.2, 0.25) is 0 Å². The molecule has 1 aliphatic rings. The molecule has 7 nitrogen and oxygen atoms in total. The number of rotatable bonds is 9. The van der Waals surface area contributed by atoms with Gasteiger partial charge in [-0.15, -0.1) is 0 Å². The maximum atomic E-state index is 12.6. The predicted molar refractivity (Wildman–Crippen MR) is 150 cm³/mol. The Bertz CT molecular complexity index is 1150. The zero-order valence-electron chi connectivity index (χ0n) is 22.1. The molecule has 1 amide bonds. The second-order valence-corrected chi connectivity index (χ2v) is 10.3. The van der Waals surface area contributed by atoms with E-state index in [4.69, 9.17) is 10.7 Å². The first-order valence-electron chi connectivity index (χ1n) is 13.0. The van der Waals surface area contributed by atoms with E-state index in [1.54, 1.807) is 0 Å². The van der Waals surface area contributed by atoms with Crippen molar-refractivity contribution >= 4 is 28.2 Å². The summed E-state index contributed by atoms with van der Waals surface area (Å²) in [6.07, 6.45) is 1.08. The Kier molecular flexibility index (Phi) is 8.44. The molecule has 0 aliphatic carbocycles. The Morgan fingerprint density at radius 2 is 1.75 bits per heavy atom. The Morgan fingerprint density at radius 3 is 2.42 bits per heavy atom. The molecule has 1 saturated heterocycles. The zero-order valence-corrected chi connectivity index (χ0v) is 22.1. The van der Waals surface area contributed by atoms with Gasteiger partial charge in [-0.25, -0.2) is 4.98 Å². The Hall–Kier alpha value is -3.16. The molecule has 3 aromatic rings. The first kappa shape index (κ1) is 25.9. The fourth-order valence-electron chi connectivity index (χ4n) is 4.61. The number of piperazine rings is 1. The first-order chi connectivity index (χ1) is 17.3. The van der Waals surface area contributed by atoms with Gasteiger partial charge in [-0.2, -0.15) is 0 Å². The first-order valence-corrected chi connectivity index (χ1v) is 13.0. The molecule has 4 rings (SSSR count). The van der Waals surface area contributed by atoms with Crippen LogP contribution >= 0.6 is 0 Å². The number of nitrogens with two attached hydrogens (primary N) is 1. The smallest absolute Gasteiger partial charge is 0.239 e. The van der Waals surface area contributed by atoms with E-state index in [1.165, 1.54) is 5.69 Å². The van der Waals surface area contributed by atoms with Crippen molar-refractivity contribution in [2.75, 3.05) is 63.6 Å². The van der Waals surface area contributed by atoms with Crippen molar-refractivity contribution in [3.05, 3.63) is 54.6 Å². The molecule has 36 heavy (non-hydrogen) atoms. The zero-order chi connectivity index (χ0) is 25.7. The third-order valence-electron chi connectivity index (χ3n) is 6.94. The van der Waals surface area contributed by atoms with E-state index in [-0.39, 0.29) is 11.8 Å². The summed E-state index contributed by atoms with van der Waals surface area (Å²) in [4.78, 5) is 24.0. The number of nitrogens with one attached hydrogen (secondary N) is 1. The summed E-state index contributed by atoms with van der Waals surface area (Å²) in [6, 6.07) is 18.7. The van der Waals surface area contributed by atoms with Crippen LogP contribution in [0.3, 0.4) is 0 Å². The van der Waals surface area contributed by atoms with Crippen LogP contribution in [0, 0.1) is 5.92 Å². The van der Waals surface area contributed by atoms with Gasteiger partial charge >= 0.3 is 0 Å². The number of carbonyl (C=O) groups is 1. The van der Waals surface area contributed by atoms with E-state index in [1.807, 2.05) is 24.8 Å². The van der Waals surface area contributed by atoms with Crippen LogP contribution in [0.1, 0.15) is 20.3 Å². The summed E-state index contributed by atoms with van der Waals surface area (Å²) >= 11 is 0. The number of aromatic nitrogens is 1. The summed E-state index contributed by atoms with van der Waals surface area (Å²) in [5.74, 6) is 0.217. The topological polar surface area (TPSA) is 77.7 Å². The molecule has 2 heterocycles. The largest absolute Gasteiger partial charge is 0.384 e. The lowest BCUT2D eigenvalue weighted by Gasteiger charge is -2.37. The van der Waals surface area contributed by atoms with Gasteiger partial charge in [0.25, 0.3) is 0 Å². The number of benzene rings is 2. The second-order valence-electron chi connectivity index (χ2n) is 10.3. The number of hydrogen-bond acceptors (Lipinski definition) is 6. The molecule has 1 aromatic heterocycles. The van der Waals surface area contributed by atoms with Gasteiger partial charge in [0.2, 0.25) is 5.91 Å². The van der Waals surface area contributed by atoms with E-state index in [0.29, 0.717) is 13.1 Å². The van der Waals surface area contributed by atoms with E-state index in [0.717, 1.165) is 60.4 Å². The van der Waals surface area contributed by atoms with Gasteiger partial charge < -0.3 is 25.8 Å². The van der Waals surface area contributed by atoms with Crippen molar-refractivity contribution in [2.24, 2.45) is 11.7 Å². The molecular formula is C29H40N6O. The number of anilines is 2. The number of nitrogens with zero attached hydrogens (tertiary/aromatic N) is 4. The summed E-state index contributed by atoms with van der Waals surface area (Å²) in [5.41, 5.74) is 11.4. The van der Waals surface area contributed by atoms with Crippen LogP contribution in [-0.2, 0) is 4.79 Å². The third kappa shape index (κ3) is 6.15. The fraction of sp³-hybridized carbons (Fsp3) is 0.448. The van der Waals surface area contributed by atoms with Gasteiger partial charge in [0.05, 0.1) is 17.3 Å². The van der Waals surface area contributed by atoms with Crippen LogP contribution in [-0.4, -0.2) is 80.1 Å². The lowest BCUT2D eigenvalue weighted by Crippen LogP contribution is -2.54. The minimum atomic E-state index is -0.419. The van der Waals surface area contributed by atoms with Crippen LogP contribution in [0.5, 0.6) is 0 Å². The molecule has 1 fully saturated rings. The number of pyridine rings is 1. The fourth-order valence-corrected chi connectivity index (χ4v) is 4.61. The standard InChI is InChI=1S/C29H40N6O/c1-21(2)28(30)29(36)35-18-16-34(17-19-35)23-12-10-22(11-13-23)26-20-27(31-14-7-15-33(3)4)24-8-5-6-9-25(24)32-26/h5-6,8-13,20-21,28H,7,14-19,30H2,1-4H3,(H,31,32). The highest BCUT2D eigenvalue weighted by Gasteiger charge is 2.27. The monoisotopic (exact) mass is 488 g/mol. The van der Waals surface area contributed by atoms with Crippen molar-refractivity contribution in [2.45, 2.75) is 26.3 Å². The lowest BCUT2D eigenvalue weighted by atomic mass is 10.0. The van der Waals surface area contributed by atoms with E-state index < -0.39 is 6.04 Å². The van der Waals surface area contributed by atoms with Gasteiger partial charge in [0.1, 0.15) is 0 Å². The average Bonchev–Trinajstić information content (AvgIpc) is 2.90. The van der Waals surface area contributed by atoms with E-state index in [9.17, 15) is 4.79 Å². The van der Waals surface area contributed by atoms with Gasteiger partial charge in [0, 0.05) is 55.0 Å². The van der Waals surface area contributed by atoms with Crippen molar-refractivity contribution in [1.29, 1.82) is 0 Å². The van der Waals surface area contributed by atoms with Crippen LogP contribution in [0.25, 0.3) is 22.2 Å². The van der Waals surface area contributed by atoms with Gasteiger partial charge in [-0.3, -0.25) is 4.79 Å². The van der Waals surface area contributed by atoms with Gasteiger partial charge in [0.15, 0.2) is 0 Å². The second kappa shape index (κ2) is 11.7. The number of fused-ring (bicyclic) bond motifs is 1. The maximum Gasteiger partial charge on any atom is 0.239 e. The van der Waals surface area contributed by atoms with Crippen LogP contribution in [0.15, 0.2) is 54.6 Å². The number of hydrogen-bond donors (Lipinski definition) is 2. The Morgan fingerprint density at radius 1 is 1.06 bits per heavy atom. The Balaban J connectivity index is 1.45. The highest BCUT2D eigenvalue weighted by molar-refractivity contribution is 5.93. The summed E-state index contributed by atoms with van der Waals surface area (Å²) in [5, 5.41) is 4.77. The number of amides is 1. The molecule has 1 unspecified atom stereocenters. The molecule has 0 saturated carbocycles. The van der Waals surface area contributed by atoms with Crippen molar-refractivity contribution in [3.63, 3.8) is 0 Å². The van der Waals surface area contributed by atoms with Gasteiger partial charge in [-0.1, -0.05) is 44.2 Å². The third-order valence-corrected chi connectivity index (χ3v) is 6.94. The quantitative estimate of drug-likeness (QED) is 0.445. The van der Waals surface area contributed by atoms with Crippen LogP contribution in [0.4, 0.5) is 11.4 Å². The molecule has 0 spiro atoms. The highest BCUT2D eigenvalue weighted by atomic mass is 16.2. The maximum absolute atomic E-state index is 12.6. The van der Waals surface area contributed by atoms with Crippen molar-refractivity contribution in [1.82, 2.24) is 14.8 Å². The van der Waals surface area contributed by atoms with Crippen LogP contribution < -0.4 is 16.0 Å². The summed E-state index contributed by atoms with van der Waals surface area (Å²) in [6.45, 7) is 8.99. The molecular weight excluding hydrogens is 448 g/mol. The minimum Gasteiger partial charge on any atom is -0.384 e. The van der Waals surface area contributed by atoms with Crippen molar-refractivity contribution < 1.29 is 4.79 Å². The normalized spacial score (nSPS) is 15.1. The SMILES string of the molecule is CC(C)C(N)C(=O)N1CCN(c2ccc(-c3cc(NCCCN(C)C)c4ccccc4n3)cc2)CC1. The molecule has 192 valence electrons. The molecule has 0 bridgehead atoms. The minimum absolute atomic E-state index is 0.0634. The Labute approximate surface area is 215 Å². The molecule has 2 aromatic carbocycles. The summed E-state index contributed by atoms with van der Waals surface area (Å²) < 4.78 is 0. The van der Waals surface area contributed by atoms with E-state index >= 15 is 0 Å². The molecule has 1 atom stereocenters. The predicted octanol–water partition coefficient (Wildman–Crippen LogP) is 3.90. The van der Waals surface area contributed by atoms with E-state index in [2.05, 4.69) is 77.7 Å². The number of para-hydroxylation sites is 1. The number of carbonyl (C=O) groups excluding carboxylic acids is 1. The molecule has 7 heteroatoms. The van der Waals surface area contributed by atoms with Gasteiger partial charge in [-0.05, 0) is 57.2 Å². The van der Waals surface area contributed by atoms with Crippen molar-refractivity contribution in [3.8, 4) is 11.3 Å². The highest BCUT2D eigenvalue weighted by Crippen LogP contribution is 2.30. The average molecular weight is 489 g/mol. The summed E-state index contributed by atoms with van der Waals surface area (Å²) in [7, 11) is 4.21. The molecule has 0 radical (unpaired) electrons. The molecule has 3 N–H and O–H groups in total. The molecule has 1 aliphatic heterocycles. The lowest BCUT2D eigenvalue weighted by molar-refractivity contribution is -0.133.